The second-order valence-corrected chi connectivity index (χ2v) is 7.14. The summed E-state index contributed by atoms with van der Waals surface area (Å²) in [6.45, 7) is 3.00. The number of anilines is 1. The molecular formula is C19H23N3O2S. The molecule has 3 rings (SSSR count). The lowest BCUT2D eigenvalue weighted by Crippen LogP contribution is -2.34. The molecule has 0 saturated carbocycles. The van der Waals surface area contributed by atoms with E-state index < -0.39 is 0 Å². The van der Waals surface area contributed by atoms with E-state index in [1.54, 1.807) is 11.8 Å². The number of thioether (sulfide) groups is 1. The Hall–Kier alpha value is -2.18. The first kappa shape index (κ1) is 17.6. The number of ether oxygens (including phenoxy) is 1. The van der Waals surface area contributed by atoms with Crippen LogP contribution in [-0.4, -0.2) is 24.4 Å². The molecule has 2 aromatic rings. The van der Waals surface area contributed by atoms with E-state index in [9.17, 15) is 4.79 Å². The number of rotatable bonds is 5. The number of aryl methyl sites for hydroxylation is 1. The van der Waals surface area contributed by atoms with Gasteiger partial charge in [0.2, 0.25) is 0 Å². The zero-order chi connectivity index (χ0) is 17.6. The summed E-state index contributed by atoms with van der Waals surface area (Å²) in [6, 6.07) is 13.7. The van der Waals surface area contributed by atoms with Gasteiger partial charge in [-0.3, -0.25) is 0 Å². The van der Waals surface area contributed by atoms with Crippen LogP contribution in [0.25, 0.3) is 0 Å². The lowest BCUT2D eigenvalue weighted by Gasteiger charge is -2.25. The Morgan fingerprint density at radius 2 is 2.16 bits per heavy atom. The SMILES string of the molecule is Cc1cc(CN)cc(NC(=O)NCCC2CSc3ccccc3O2)c1. The van der Waals surface area contributed by atoms with Gasteiger partial charge in [0.1, 0.15) is 11.9 Å². The average molecular weight is 357 g/mol. The average Bonchev–Trinajstić information content (AvgIpc) is 2.61. The number of fused-ring (bicyclic) bond motifs is 1. The molecule has 1 heterocycles. The number of benzene rings is 2. The number of para-hydroxylation sites is 1. The van der Waals surface area contributed by atoms with Crippen molar-refractivity contribution in [2.75, 3.05) is 17.6 Å². The third-order valence-corrected chi connectivity index (χ3v) is 5.14. The first-order valence-electron chi connectivity index (χ1n) is 8.38. The minimum Gasteiger partial charge on any atom is -0.488 e. The van der Waals surface area contributed by atoms with Gasteiger partial charge < -0.3 is 21.1 Å². The highest BCUT2D eigenvalue weighted by Gasteiger charge is 2.19. The summed E-state index contributed by atoms with van der Waals surface area (Å²) in [5.74, 6) is 1.83. The topological polar surface area (TPSA) is 76.4 Å². The van der Waals surface area contributed by atoms with Gasteiger partial charge in [-0.2, -0.15) is 0 Å². The molecule has 0 aliphatic carbocycles. The standard InChI is InChI=1S/C19H23N3O2S/c1-13-8-14(11-20)10-15(9-13)22-19(23)21-7-6-16-12-25-18-5-3-2-4-17(18)24-16/h2-5,8-10,16H,6-7,11-12,20H2,1H3,(H2,21,22,23). The molecule has 6 heteroatoms. The van der Waals surface area contributed by atoms with Crippen LogP contribution in [0.5, 0.6) is 5.75 Å². The summed E-state index contributed by atoms with van der Waals surface area (Å²) in [6.07, 6.45) is 0.888. The lowest BCUT2D eigenvalue weighted by atomic mass is 10.1. The summed E-state index contributed by atoms with van der Waals surface area (Å²) in [7, 11) is 0. The molecule has 2 amide bonds. The number of nitrogens with two attached hydrogens (primary N) is 1. The summed E-state index contributed by atoms with van der Waals surface area (Å²) in [5, 5.41) is 5.75. The van der Waals surface area contributed by atoms with Crippen LogP contribution >= 0.6 is 11.8 Å². The Morgan fingerprint density at radius 3 is 3.00 bits per heavy atom. The quantitative estimate of drug-likeness (QED) is 0.765. The van der Waals surface area contributed by atoms with E-state index in [0.29, 0.717) is 13.1 Å². The van der Waals surface area contributed by atoms with E-state index in [2.05, 4.69) is 16.7 Å². The molecule has 0 fully saturated rings. The Balaban J connectivity index is 1.45. The van der Waals surface area contributed by atoms with Crippen molar-refractivity contribution in [2.24, 2.45) is 5.73 Å². The molecule has 0 bridgehead atoms. The van der Waals surface area contributed by atoms with Gasteiger partial charge in [0.05, 0.1) is 0 Å². The Labute approximate surface area is 152 Å². The van der Waals surface area contributed by atoms with E-state index in [1.165, 1.54) is 4.90 Å². The molecule has 1 aliphatic heterocycles. The van der Waals surface area contributed by atoms with Crippen molar-refractivity contribution in [3.63, 3.8) is 0 Å². The highest BCUT2D eigenvalue weighted by Crippen LogP contribution is 2.35. The second kappa shape index (κ2) is 8.27. The van der Waals surface area contributed by atoms with Crippen LogP contribution in [0.4, 0.5) is 10.5 Å². The molecule has 1 aliphatic rings. The maximum atomic E-state index is 12.1. The van der Waals surface area contributed by atoms with Crippen LogP contribution in [0.3, 0.4) is 0 Å². The van der Waals surface area contributed by atoms with Gasteiger partial charge in [-0.1, -0.05) is 18.2 Å². The normalized spacial score (nSPS) is 15.8. The molecule has 0 radical (unpaired) electrons. The molecule has 132 valence electrons. The van der Waals surface area contributed by atoms with Gasteiger partial charge in [-0.15, -0.1) is 11.8 Å². The monoisotopic (exact) mass is 357 g/mol. The maximum Gasteiger partial charge on any atom is 0.319 e. The number of hydrogen-bond acceptors (Lipinski definition) is 4. The number of urea groups is 1. The van der Waals surface area contributed by atoms with Gasteiger partial charge in [0, 0.05) is 35.8 Å². The van der Waals surface area contributed by atoms with Crippen LogP contribution in [-0.2, 0) is 6.54 Å². The molecule has 2 aromatic carbocycles. The third-order valence-electron chi connectivity index (χ3n) is 3.95. The van der Waals surface area contributed by atoms with Crippen molar-refractivity contribution in [1.29, 1.82) is 0 Å². The number of amides is 2. The van der Waals surface area contributed by atoms with Gasteiger partial charge in [0.25, 0.3) is 0 Å². The Morgan fingerprint density at radius 1 is 1.32 bits per heavy atom. The van der Waals surface area contributed by atoms with E-state index in [0.717, 1.165) is 34.7 Å². The predicted octanol–water partition coefficient (Wildman–Crippen LogP) is 3.52. The largest absolute Gasteiger partial charge is 0.488 e. The van der Waals surface area contributed by atoms with Crippen molar-refractivity contribution in [3.8, 4) is 5.75 Å². The molecule has 0 aromatic heterocycles. The molecule has 4 N–H and O–H groups in total. The summed E-state index contributed by atoms with van der Waals surface area (Å²) in [5.41, 5.74) is 8.51. The van der Waals surface area contributed by atoms with E-state index in [4.69, 9.17) is 10.5 Å². The lowest BCUT2D eigenvalue weighted by molar-refractivity contribution is 0.204. The van der Waals surface area contributed by atoms with Crippen LogP contribution in [0.1, 0.15) is 17.5 Å². The predicted molar refractivity (Wildman–Crippen MR) is 102 cm³/mol. The summed E-state index contributed by atoms with van der Waals surface area (Å²) >= 11 is 1.80. The van der Waals surface area contributed by atoms with Crippen molar-refractivity contribution in [1.82, 2.24) is 5.32 Å². The molecule has 25 heavy (non-hydrogen) atoms. The van der Waals surface area contributed by atoms with E-state index in [1.807, 2.05) is 43.3 Å². The van der Waals surface area contributed by atoms with E-state index in [-0.39, 0.29) is 12.1 Å². The van der Waals surface area contributed by atoms with Crippen molar-refractivity contribution in [2.45, 2.75) is 30.9 Å². The first-order valence-corrected chi connectivity index (χ1v) is 9.36. The minimum absolute atomic E-state index is 0.114. The third kappa shape index (κ3) is 4.90. The van der Waals surface area contributed by atoms with Crippen molar-refractivity contribution in [3.05, 3.63) is 53.6 Å². The molecule has 5 nitrogen and oxygen atoms in total. The Kier molecular flexibility index (Phi) is 5.83. The van der Waals surface area contributed by atoms with E-state index >= 15 is 0 Å². The number of carbonyl (C=O) groups excluding carboxylic acids is 1. The zero-order valence-electron chi connectivity index (χ0n) is 14.2. The fourth-order valence-corrected chi connectivity index (χ4v) is 3.81. The van der Waals surface area contributed by atoms with Crippen LogP contribution in [0.2, 0.25) is 0 Å². The summed E-state index contributed by atoms with van der Waals surface area (Å²) in [4.78, 5) is 13.2. The number of nitrogens with one attached hydrogen (secondary N) is 2. The molecule has 1 atom stereocenters. The minimum atomic E-state index is -0.211. The van der Waals surface area contributed by atoms with Crippen LogP contribution < -0.4 is 21.1 Å². The van der Waals surface area contributed by atoms with Gasteiger partial charge in [0.15, 0.2) is 0 Å². The number of carbonyl (C=O) groups is 1. The molecular weight excluding hydrogens is 334 g/mol. The summed E-state index contributed by atoms with van der Waals surface area (Å²) < 4.78 is 5.97. The van der Waals surface area contributed by atoms with Crippen LogP contribution in [0, 0.1) is 6.92 Å². The second-order valence-electron chi connectivity index (χ2n) is 6.08. The van der Waals surface area contributed by atoms with Gasteiger partial charge >= 0.3 is 6.03 Å². The van der Waals surface area contributed by atoms with Crippen molar-refractivity contribution >= 4 is 23.5 Å². The maximum absolute atomic E-state index is 12.1. The van der Waals surface area contributed by atoms with Gasteiger partial charge in [-0.25, -0.2) is 4.79 Å². The van der Waals surface area contributed by atoms with Crippen LogP contribution in [0.15, 0.2) is 47.4 Å². The molecule has 0 saturated heterocycles. The smallest absolute Gasteiger partial charge is 0.319 e. The number of hydrogen-bond donors (Lipinski definition) is 3. The van der Waals surface area contributed by atoms with Crippen molar-refractivity contribution < 1.29 is 9.53 Å². The molecule has 0 spiro atoms. The zero-order valence-corrected chi connectivity index (χ0v) is 15.1. The van der Waals surface area contributed by atoms with Gasteiger partial charge in [-0.05, 0) is 42.3 Å². The highest BCUT2D eigenvalue weighted by molar-refractivity contribution is 7.99. The first-order chi connectivity index (χ1) is 12.1. The fourth-order valence-electron chi connectivity index (χ4n) is 2.78. The molecule has 1 unspecified atom stereocenters. The highest BCUT2D eigenvalue weighted by atomic mass is 32.2. The Bertz CT molecular complexity index is 751. The fraction of sp³-hybridized carbons (Fsp3) is 0.316.